The molecular weight excluding hydrogens is 304 g/mol. The van der Waals surface area contributed by atoms with Gasteiger partial charge in [-0.25, -0.2) is 0 Å². The van der Waals surface area contributed by atoms with Gasteiger partial charge >= 0.3 is 5.97 Å². The van der Waals surface area contributed by atoms with Gasteiger partial charge in [0.1, 0.15) is 0 Å². The highest BCUT2D eigenvalue weighted by atomic mass is 16.4. The van der Waals surface area contributed by atoms with Crippen LogP contribution in [-0.2, 0) is 4.79 Å². The molecule has 0 unspecified atom stereocenters. The van der Waals surface area contributed by atoms with Crippen LogP contribution in [0.25, 0.3) is 0 Å². The Morgan fingerprint density at radius 3 is 2.42 bits per heavy atom. The predicted octanol–water partition coefficient (Wildman–Crippen LogP) is 3.93. The molecule has 0 amide bonds. The number of allylic oxidation sites excluding steroid dienone is 8. The Labute approximate surface area is 145 Å². The number of aliphatic carboxylic acids is 1. The van der Waals surface area contributed by atoms with Gasteiger partial charge in [-0.1, -0.05) is 67.7 Å². The topological polar surface area (TPSA) is 77.8 Å². The summed E-state index contributed by atoms with van der Waals surface area (Å²) >= 11 is 0. The standard InChI is InChI=1S/C20H30O4/c1-2-3-4-5-6-7-8-9-12-15-18(21)19(22)16-13-10-11-14-17-20(23)24/h3-4,6-10,12-13,15,18-19,21-22H,2,5,11,14,16-17H2,1H3,(H,23,24)/b4-3-,7-6+,9-8+,13-10-,15-12-/t18-,19+/m1/s1. The lowest BCUT2D eigenvalue weighted by Gasteiger charge is -2.11. The fraction of sp³-hybridized carbons (Fsp3) is 0.450. The zero-order valence-electron chi connectivity index (χ0n) is 14.4. The van der Waals surface area contributed by atoms with E-state index in [2.05, 4.69) is 19.1 Å². The predicted molar refractivity (Wildman–Crippen MR) is 98.7 cm³/mol. The van der Waals surface area contributed by atoms with Crippen LogP contribution in [0.4, 0.5) is 0 Å². The summed E-state index contributed by atoms with van der Waals surface area (Å²) in [5.74, 6) is -0.802. The second kappa shape index (κ2) is 16.0. The monoisotopic (exact) mass is 334 g/mol. The Balaban J connectivity index is 3.91. The van der Waals surface area contributed by atoms with E-state index < -0.39 is 18.2 Å². The zero-order valence-corrected chi connectivity index (χ0v) is 14.4. The minimum Gasteiger partial charge on any atom is -0.481 e. The number of unbranched alkanes of at least 4 members (excludes halogenated alkanes) is 1. The largest absolute Gasteiger partial charge is 0.481 e. The van der Waals surface area contributed by atoms with Crippen molar-refractivity contribution in [3.05, 3.63) is 60.8 Å². The first kappa shape index (κ1) is 22.1. The van der Waals surface area contributed by atoms with Gasteiger partial charge in [0.15, 0.2) is 0 Å². The van der Waals surface area contributed by atoms with Crippen LogP contribution in [0.2, 0.25) is 0 Å². The SMILES string of the molecule is CC/C=C\C/C=C/C=C/C=C\[C@@H](O)[C@@H](O)C/C=C\CCCC(=O)O. The maximum atomic E-state index is 10.3. The van der Waals surface area contributed by atoms with E-state index in [1.807, 2.05) is 24.3 Å². The first-order valence-corrected chi connectivity index (χ1v) is 8.45. The second-order valence-electron chi connectivity index (χ2n) is 5.36. The molecule has 3 N–H and O–H groups in total. The fourth-order valence-corrected chi connectivity index (χ4v) is 1.80. The number of aliphatic hydroxyl groups excluding tert-OH is 2. The number of hydrogen-bond donors (Lipinski definition) is 3. The molecule has 0 aliphatic carbocycles. The fourth-order valence-electron chi connectivity index (χ4n) is 1.80. The molecule has 0 aromatic rings. The molecule has 0 aliphatic rings. The molecular formula is C20H30O4. The highest BCUT2D eigenvalue weighted by Gasteiger charge is 2.10. The molecule has 2 atom stereocenters. The number of rotatable bonds is 13. The molecule has 0 aliphatic heterocycles. The number of aliphatic hydroxyl groups is 2. The van der Waals surface area contributed by atoms with Crippen LogP contribution in [0.1, 0.15) is 45.4 Å². The van der Waals surface area contributed by atoms with Crippen LogP contribution in [0.5, 0.6) is 0 Å². The first-order chi connectivity index (χ1) is 11.6. The Hall–Kier alpha value is -1.91. The van der Waals surface area contributed by atoms with Crippen LogP contribution < -0.4 is 0 Å². The third kappa shape index (κ3) is 15.0. The lowest BCUT2D eigenvalue weighted by atomic mass is 10.1. The van der Waals surface area contributed by atoms with E-state index in [0.717, 1.165) is 12.8 Å². The van der Waals surface area contributed by atoms with E-state index in [1.165, 1.54) is 0 Å². The van der Waals surface area contributed by atoms with Crippen molar-refractivity contribution in [2.45, 2.75) is 57.7 Å². The van der Waals surface area contributed by atoms with E-state index in [0.29, 0.717) is 19.3 Å². The van der Waals surface area contributed by atoms with E-state index in [4.69, 9.17) is 5.11 Å². The molecule has 0 heterocycles. The summed E-state index contributed by atoms with van der Waals surface area (Å²) < 4.78 is 0. The molecule has 0 bridgehead atoms. The van der Waals surface area contributed by atoms with E-state index in [9.17, 15) is 15.0 Å². The highest BCUT2D eigenvalue weighted by molar-refractivity contribution is 5.66. The lowest BCUT2D eigenvalue weighted by Crippen LogP contribution is -2.22. The van der Waals surface area contributed by atoms with Gasteiger partial charge < -0.3 is 15.3 Å². The van der Waals surface area contributed by atoms with Crippen LogP contribution >= 0.6 is 0 Å². The van der Waals surface area contributed by atoms with Gasteiger partial charge in [0.05, 0.1) is 12.2 Å². The second-order valence-corrected chi connectivity index (χ2v) is 5.36. The molecule has 0 aromatic carbocycles. The molecule has 0 aromatic heterocycles. The van der Waals surface area contributed by atoms with Crippen LogP contribution in [-0.4, -0.2) is 33.5 Å². The first-order valence-electron chi connectivity index (χ1n) is 8.45. The average molecular weight is 334 g/mol. The number of carboxylic acid groups (broad SMARTS) is 1. The summed E-state index contributed by atoms with van der Waals surface area (Å²) in [7, 11) is 0. The molecule has 4 heteroatoms. The molecule has 0 saturated heterocycles. The molecule has 0 saturated carbocycles. The molecule has 0 rings (SSSR count). The van der Waals surface area contributed by atoms with Crippen LogP contribution in [0.3, 0.4) is 0 Å². The molecule has 0 radical (unpaired) electrons. The molecule has 4 nitrogen and oxygen atoms in total. The van der Waals surface area contributed by atoms with Gasteiger partial charge in [-0.2, -0.15) is 0 Å². The van der Waals surface area contributed by atoms with Crippen molar-refractivity contribution in [2.75, 3.05) is 0 Å². The lowest BCUT2D eigenvalue weighted by molar-refractivity contribution is -0.137. The summed E-state index contributed by atoms with van der Waals surface area (Å²) in [6.45, 7) is 2.10. The minimum absolute atomic E-state index is 0.147. The Bertz CT molecular complexity index is 458. The molecule has 24 heavy (non-hydrogen) atoms. The highest BCUT2D eigenvalue weighted by Crippen LogP contribution is 2.04. The summed E-state index contributed by atoms with van der Waals surface area (Å²) in [4.78, 5) is 10.3. The summed E-state index contributed by atoms with van der Waals surface area (Å²) in [6.07, 6.45) is 20.6. The van der Waals surface area contributed by atoms with Crippen molar-refractivity contribution in [3.63, 3.8) is 0 Å². The average Bonchev–Trinajstić information content (AvgIpc) is 2.55. The molecule has 134 valence electrons. The van der Waals surface area contributed by atoms with E-state index in [1.54, 1.807) is 24.3 Å². The van der Waals surface area contributed by atoms with Gasteiger partial charge in [-0.05, 0) is 32.1 Å². The number of carbonyl (C=O) groups is 1. The van der Waals surface area contributed by atoms with Gasteiger partial charge in [0.2, 0.25) is 0 Å². The van der Waals surface area contributed by atoms with E-state index >= 15 is 0 Å². The van der Waals surface area contributed by atoms with Crippen molar-refractivity contribution < 1.29 is 20.1 Å². The summed E-state index contributed by atoms with van der Waals surface area (Å²) in [6, 6.07) is 0. The van der Waals surface area contributed by atoms with Crippen molar-refractivity contribution in [1.29, 1.82) is 0 Å². The van der Waals surface area contributed by atoms with Gasteiger partial charge in [-0.3, -0.25) is 4.79 Å². The number of hydrogen-bond acceptors (Lipinski definition) is 3. The van der Waals surface area contributed by atoms with E-state index in [-0.39, 0.29) is 6.42 Å². The Morgan fingerprint density at radius 1 is 0.958 bits per heavy atom. The summed E-state index contributed by atoms with van der Waals surface area (Å²) in [5.41, 5.74) is 0. The summed E-state index contributed by atoms with van der Waals surface area (Å²) in [5, 5.41) is 28.1. The Kier molecular flexibility index (Phi) is 14.7. The maximum Gasteiger partial charge on any atom is 0.303 e. The minimum atomic E-state index is -0.921. The molecule has 0 fully saturated rings. The normalized spacial score (nSPS) is 15.5. The maximum absolute atomic E-state index is 10.3. The van der Waals surface area contributed by atoms with Gasteiger partial charge in [-0.15, -0.1) is 0 Å². The van der Waals surface area contributed by atoms with Crippen molar-refractivity contribution in [2.24, 2.45) is 0 Å². The number of carboxylic acids is 1. The van der Waals surface area contributed by atoms with Crippen molar-refractivity contribution in [1.82, 2.24) is 0 Å². The third-order valence-electron chi connectivity index (χ3n) is 3.15. The quantitative estimate of drug-likeness (QED) is 0.271. The Morgan fingerprint density at radius 2 is 1.71 bits per heavy atom. The van der Waals surface area contributed by atoms with Crippen molar-refractivity contribution >= 4 is 5.97 Å². The van der Waals surface area contributed by atoms with Gasteiger partial charge in [0, 0.05) is 6.42 Å². The third-order valence-corrected chi connectivity index (χ3v) is 3.15. The smallest absolute Gasteiger partial charge is 0.303 e. The van der Waals surface area contributed by atoms with Gasteiger partial charge in [0.25, 0.3) is 0 Å². The van der Waals surface area contributed by atoms with Crippen LogP contribution in [0.15, 0.2) is 60.8 Å². The molecule has 0 spiro atoms. The zero-order chi connectivity index (χ0) is 18.0. The van der Waals surface area contributed by atoms with Crippen molar-refractivity contribution in [3.8, 4) is 0 Å². The van der Waals surface area contributed by atoms with Crippen LogP contribution in [0, 0.1) is 0 Å².